The van der Waals surface area contributed by atoms with Gasteiger partial charge in [-0.25, -0.2) is 0 Å². The SMILES string of the molecule is O=C1Cc2sccc2S1. The number of thiophene rings is 1. The fourth-order valence-corrected chi connectivity index (χ4v) is 2.84. The molecule has 2 heterocycles. The summed E-state index contributed by atoms with van der Waals surface area (Å²) in [4.78, 5) is 13.1. The van der Waals surface area contributed by atoms with Gasteiger partial charge in [-0.05, 0) is 11.4 Å². The lowest BCUT2D eigenvalue weighted by Crippen LogP contribution is -1.83. The van der Waals surface area contributed by atoms with E-state index in [0.717, 1.165) is 0 Å². The third-order valence-corrected chi connectivity index (χ3v) is 3.26. The van der Waals surface area contributed by atoms with Gasteiger partial charge in [0.2, 0.25) is 0 Å². The predicted octanol–water partition coefficient (Wildman–Crippen LogP) is 1.92. The number of hydrogen-bond donors (Lipinski definition) is 0. The third-order valence-electron chi connectivity index (χ3n) is 1.23. The van der Waals surface area contributed by atoms with Gasteiger partial charge < -0.3 is 0 Å². The fraction of sp³-hybridized carbons (Fsp3) is 0.167. The van der Waals surface area contributed by atoms with Crippen molar-refractivity contribution in [3.8, 4) is 0 Å². The normalized spacial score (nSPS) is 16.2. The van der Waals surface area contributed by atoms with Gasteiger partial charge in [0, 0.05) is 9.77 Å². The highest BCUT2D eigenvalue weighted by Crippen LogP contribution is 2.35. The van der Waals surface area contributed by atoms with Gasteiger partial charge >= 0.3 is 0 Å². The van der Waals surface area contributed by atoms with E-state index in [9.17, 15) is 4.79 Å². The van der Waals surface area contributed by atoms with Crippen LogP contribution in [0.2, 0.25) is 0 Å². The van der Waals surface area contributed by atoms with Gasteiger partial charge in [-0.1, -0.05) is 11.8 Å². The van der Waals surface area contributed by atoms with Gasteiger partial charge in [0.15, 0.2) is 5.12 Å². The molecule has 0 unspecified atom stereocenters. The van der Waals surface area contributed by atoms with E-state index in [-0.39, 0.29) is 5.12 Å². The number of carbonyl (C=O) groups excluding carboxylic acids is 1. The molecule has 0 aromatic carbocycles. The quantitative estimate of drug-likeness (QED) is 0.571. The third kappa shape index (κ3) is 0.804. The number of rotatable bonds is 0. The Morgan fingerprint density at radius 2 is 2.44 bits per heavy atom. The van der Waals surface area contributed by atoms with Crippen LogP contribution in [0.15, 0.2) is 16.3 Å². The van der Waals surface area contributed by atoms with Gasteiger partial charge in [0.1, 0.15) is 0 Å². The Kier molecular flexibility index (Phi) is 1.13. The summed E-state index contributed by atoms with van der Waals surface area (Å²) in [7, 11) is 0. The highest BCUT2D eigenvalue weighted by Gasteiger charge is 2.19. The van der Waals surface area contributed by atoms with Crippen molar-refractivity contribution in [2.24, 2.45) is 0 Å². The summed E-state index contributed by atoms with van der Waals surface area (Å²) >= 11 is 3.04. The lowest BCUT2D eigenvalue weighted by molar-refractivity contribution is -0.110. The molecule has 0 radical (unpaired) electrons. The Labute approximate surface area is 61.1 Å². The van der Waals surface area contributed by atoms with Crippen LogP contribution in [0, 0.1) is 0 Å². The first-order valence-electron chi connectivity index (χ1n) is 2.63. The van der Waals surface area contributed by atoms with Crippen LogP contribution < -0.4 is 0 Å². The molecule has 1 aromatic rings. The van der Waals surface area contributed by atoms with E-state index in [4.69, 9.17) is 0 Å². The topological polar surface area (TPSA) is 17.1 Å². The molecule has 0 bridgehead atoms. The van der Waals surface area contributed by atoms with Crippen LogP contribution in [-0.2, 0) is 11.2 Å². The summed E-state index contributed by atoms with van der Waals surface area (Å²) in [5.74, 6) is 0. The van der Waals surface area contributed by atoms with E-state index in [1.807, 2.05) is 11.4 Å². The molecule has 1 aromatic heterocycles. The minimum atomic E-state index is 0.289. The van der Waals surface area contributed by atoms with Crippen molar-refractivity contribution in [3.63, 3.8) is 0 Å². The van der Waals surface area contributed by atoms with Crippen LogP contribution >= 0.6 is 23.1 Å². The van der Waals surface area contributed by atoms with Gasteiger partial charge in [0.05, 0.1) is 6.42 Å². The Bertz CT molecular complexity index is 229. The van der Waals surface area contributed by atoms with Crippen molar-refractivity contribution in [3.05, 3.63) is 16.3 Å². The molecule has 0 fully saturated rings. The maximum Gasteiger partial charge on any atom is 0.198 e. The lowest BCUT2D eigenvalue weighted by atomic mass is 10.4. The molecule has 0 saturated carbocycles. The van der Waals surface area contributed by atoms with E-state index in [1.165, 1.54) is 21.5 Å². The second-order valence-electron chi connectivity index (χ2n) is 1.86. The highest BCUT2D eigenvalue weighted by molar-refractivity contribution is 8.14. The monoisotopic (exact) mass is 156 g/mol. The standard InChI is InChI=1S/C6H4OS2/c7-6-3-5-4(9-6)1-2-8-5/h1-2H,3H2. The van der Waals surface area contributed by atoms with Crippen LogP contribution in [0.1, 0.15) is 4.88 Å². The largest absolute Gasteiger partial charge is 0.286 e. The smallest absolute Gasteiger partial charge is 0.198 e. The van der Waals surface area contributed by atoms with Crippen molar-refractivity contribution < 1.29 is 4.79 Å². The number of fused-ring (bicyclic) bond motifs is 1. The number of carbonyl (C=O) groups is 1. The van der Waals surface area contributed by atoms with Crippen molar-refractivity contribution >= 4 is 28.2 Å². The molecular formula is C6H4OS2. The number of thioether (sulfide) groups is 1. The molecule has 1 aliphatic heterocycles. The molecule has 1 nitrogen and oxygen atoms in total. The van der Waals surface area contributed by atoms with Gasteiger partial charge in [-0.2, -0.15) is 0 Å². The summed E-state index contributed by atoms with van der Waals surface area (Å²) in [5, 5.41) is 2.32. The molecule has 46 valence electrons. The summed E-state index contributed by atoms with van der Waals surface area (Å²) in [6.45, 7) is 0. The van der Waals surface area contributed by atoms with Crippen molar-refractivity contribution in [2.75, 3.05) is 0 Å². The zero-order chi connectivity index (χ0) is 6.27. The summed E-state index contributed by atoms with van der Waals surface area (Å²) in [6.07, 6.45) is 0.650. The van der Waals surface area contributed by atoms with Crippen molar-refractivity contribution in [1.82, 2.24) is 0 Å². The molecule has 3 heteroatoms. The van der Waals surface area contributed by atoms with Crippen molar-refractivity contribution in [1.29, 1.82) is 0 Å². The minimum Gasteiger partial charge on any atom is -0.286 e. The van der Waals surface area contributed by atoms with Crippen LogP contribution in [0.5, 0.6) is 0 Å². The Morgan fingerprint density at radius 3 is 3.22 bits per heavy atom. The molecule has 0 aliphatic carbocycles. The van der Waals surface area contributed by atoms with Gasteiger partial charge in [0.25, 0.3) is 0 Å². The second kappa shape index (κ2) is 1.85. The molecule has 2 rings (SSSR count). The minimum absolute atomic E-state index is 0.289. The van der Waals surface area contributed by atoms with E-state index in [0.29, 0.717) is 6.42 Å². The fourth-order valence-electron chi connectivity index (χ4n) is 0.839. The van der Waals surface area contributed by atoms with E-state index < -0.39 is 0 Å². The molecule has 0 saturated heterocycles. The highest BCUT2D eigenvalue weighted by atomic mass is 32.2. The average molecular weight is 156 g/mol. The van der Waals surface area contributed by atoms with Crippen LogP contribution in [0.4, 0.5) is 0 Å². The zero-order valence-electron chi connectivity index (χ0n) is 4.59. The van der Waals surface area contributed by atoms with Gasteiger partial charge in [-0.15, -0.1) is 11.3 Å². The summed E-state index contributed by atoms with van der Waals surface area (Å²) in [5.41, 5.74) is 0. The Balaban J connectivity index is 2.49. The maximum atomic E-state index is 10.7. The lowest BCUT2D eigenvalue weighted by Gasteiger charge is -1.77. The van der Waals surface area contributed by atoms with E-state index in [2.05, 4.69) is 0 Å². The first-order valence-corrected chi connectivity index (χ1v) is 4.33. The first-order chi connectivity index (χ1) is 4.36. The average Bonchev–Trinajstić information content (AvgIpc) is 2.22. The molecule has 1 aliphatic rings. The Hall–Kier alpha value is -0.280. The van der Waals surface area contributed by atoms with Crippen LogP contribution in [0.25, 0.3) is 0 Å². The van der Waals surface area contributed by atoms with Crippen molar-refractivity contribution in [2.45, 2.75) is 11.3 Å². The van der Waals surface area contributed by atoms with Gasteiger partial charge in [-0.3, -0.25) is 4.79 Å². The van der Waals surface area contributed by atoms with E-state index in [1.54, 1.807) is 11.3 Å². The molecule has 0 amide bonds. The number of hydrogen-bond acceptors (Lipinski definition) is 3. The molecule has 0 N–H and O–H groups in total. The molecule has 9 heavy (non-hydrogen) atoms. The van der Waals surface area contributed by atoms with E-state index >= 15 is 0 Å². The second-order valence-corrected chi connectivity index (χ2v) is 3.96. The summed E-state index contributed by atoms with van der Waals surface area (Å²) in [6, 6.07) is 2.01. The molecule has 0 atom stereocenters. The van der Waals surface area contributed by atoms with Crippen LogP contribution in [0.3, 0.4) is 0 Å². The first kappa shape index (κ1) is 5.50. The Morgan fingerprint density at radius 1 is 1.56 bits per heavy atom. The molecule has 0 spiro atoms. The van der Waals surface area contributed by atoms with Crippen LogP contribution in [-0.4, -0.2) is 5.12 Å². The predicted molar refractivity (Wildman–Crippen MR) is 38.9 cm³/mol. The summed E-state index contributed by atoms with van der Waals surface area (Å²) < 4.78 is 0. The zero-order valence-corrected chi connectivity index (χ0v) is 6.22. The molecular weight excluding hydrogens is 152 g/mol. The maximum absolute atomic E-state index is 10.7.